The highest BCUT2D eigenvalue weighted by Crippen LogP contribution is 2.31. The van der Waals surface area contributed by atoms with Crippen LogP contribution in [0, 0.1) is 0 Å². The van der Waals surface area contributed by atoms with Crippen molar-refractivity contribution in [3.63, 3.8) is 0 Å². The van der Waals surface area contributed by atoms with Crippen LogP contribution in [0.4, 0.5) is 0 Å². The average Bonchev–Trinajstić information content (AvgIpc) is 2.66. The molecule has 0 radical (unpaired) electrons. The highest BCUT2D eigenvalue weighted by molar-refractivity contribution is 6.30. The van der Waals surface area contributed by atoms with E-state index in [1.165, 1.54) is 57.5 Å². The van der Waals surface area contributed by atoms with Gasteiger partial charge >= 0.3 is 0 Å². The molecule has 0 nitrogen and oxygen atoms in total. The lowest BCUT2D eigenvalue weighted by Gasteiger charge is -2.09. The number of hydrogen-bond acceptors (Lipinski definition) is 0. The highest BCUT2D eigenvalue weighted by atomic mass is 35.5. The Bertz CT molecular complexity index is 1030. The Morgan fingerprint density at radius 3 is 2.04 bits per heavy atom. The number of aryl methyl sites for hydroxylation is 1. The number of unbranched alkanes of at least 4 members (excludes halogenated alkanes) is 1. The fraction of sp³-hybridized carbons (Fsp3) is 0.167. The fourth-order valence-corrected chi connectivity index (χ4v) is 3.61. The Labute approximate surface area is 154 Å². The number of hydrogen-bond donors (Lipinski definition) is 0. The van der Waals surface area contributed by atoms with Gasteiger partial charge < -0.3 is 0 Å². The summed E-state index contributed by atoms with van der Waals surface area (Å²) in [7, 11) is 0. The van der Waals surface area contributed by atoms with Crippen molar-refractivity contribution in [1.29, 1.82) is 0 Å². The summed E-state index contributed by atoms with van der Waals surface area (Å²) in [5.41, 5.74) is 3.86. The molecule has 0 saturated carbocycles. The first-order valence-corrected chi connectivity index (χ1v) is 9.34. The molecule has 4 aromatic rings. The second kappa shape index (κ2) is 6.90. The number of rotatable bonds is 4. The van der Waals surface area contributed by atoms with Crippen molar-refractivity contribution in [2.24, 2.45) is 0 Å². The van der Waals surface area contributed by atoms with Crippen LogP contribution in [-0.4, -0.2) is 0 Å². The molecule has 0 aliphatic carbocycles. The smallest absolute Gasteiger partial charge is 0.0406 e. The van der Waals surface area contributed by atoms with E-state index < -0.39 is 0 Å². The van der Waals surface area contributed by atoms with E-state index in [2.05, 4.69) is 67.6 Å². The molecule has 0 aliphatic rings. The molecular formula is C24H21Cl. The zero-order chi connectivity index (χ0) is 17.2. The minimum Gasteiger partial charge on any atom is -0.0843 e. The van der Waals surface area contributed by atoms with Crippen LogP contribution in [0.25, 0.3) is 32.7 Å². The first-order valence-electron chi connectivity index (χ1n) is 8.96. The quantitative estimate of drug-likeness (QED) is 0.333. The maximum Gasteiger partial charge on any atom is 0.0406 e. The van der Waals surface area contributed by atoms with E-state index in [4.69, 9.17) is 11.6 Å². The molecule has 0 aromatic heterocycles. The van der Waals surface area contributed by atoms with Crippen LogP contribution >= 0.6 is 11.6 Å². The van der Waals surface area contributed by atoms with Gasteiger partial charge in [-0.3, -0.25) is 0 Å². The van der Waals surface area contributed by atoms with Gasteiger partial charge in [-0.15, -0.1) is 0 Å². The second-order valence-corrected chi connectivity index (χ2v) is 7.10. The lowest BCUT2D eigenvalue weighted by Crippen LogP contribution is -1.86. The highest BCUT2D eigenvalue weighted by Gasteiger charge is 2.05. The molecule has 0 atom stereocenters. The summed E-state index contributed by atoms with van der Waals surface area (Å²) < 4.78 is 0. The third-order valence-corrected chi connectivity index (χ3v) is 5.15. The van der Waals surface area contributed by atoms with Crippen molar-refractivity contribution in [3.8, 4) is 11.1 Å². The summed E-state index contributed by atoms with van der Waals surface area (Å²) >= 11 is 6.00. The predicted molar refractivity (Wildman–Crippen MR) is 111 cm³/mol. The minimum atomic E-state index is 0.773. The molecule has 1 heteroatoms. The summed E-state index contributed by atoms with van der Waals surface area (Å²) in [5.74, 6) is 0. The Morgan fingerprint density at radius 1 is 0.680 bits per heavy atom. The van der Waals surface area contributed by atoms with Crippen LogP contribution in [0.15, 0.2) is 72.8 Å². The minimum absolute atomic E-state index is 0.773. The monoisotopic (exact) mass is 344 g/mol. The Balaban J connectivity index is 1.78. The molecule has 0 bridgehead atoms. The van der Waals surface area contributed by atoms with Crippen molar-refractivity contribution in [2.75, 3.05) is 0 Å². The van der Waals surface area contributed by atoms with Crippen LogP contribution < -0.4 is 0 Å². The van der Waals surface area contributed by atoms with Crippen molar-refractivity contribution in [3.05, 3.63) is 83.4 Å². The Morgan fingerprint density at radius 2 is 1.32 bits per heavy atom. The largest absolute Gasteiger partial charge is 0.0843 e. The van der Waals surface area contributed by atoms with Gasteiger partial charge in [0.1, 0.15) is 0 Å². The van der Waals surface area contributed by atoms with Gasteiger partial charge in [-0.1, -0.05) is 79.5 Å². The van der Waals surface area contributed by atoms with E-state index in [1.807, 2.05) is 12.1 Å². The van der Waals surface area contributed by atoms with Crippen LogP contribution in [0.1, 0.15) is 25.3 Å². The van der Waals surface area contributed by atoms with Crippen molar-refractivity contribution >= 4 is 33.1 Å². The molecule has 25 heavy (non-hydrogen) atoms. The van der Waals surface area contributed by atoms with E-state index >= 15 is 0 Å². The first kappa shape index (κ1) is 16.2. The third kappa shape index (κ3) is 3.27. The molecule has 0 saturated heterocycles. The van der Waals surface area contributed by atoms with Crippen LogP contribution in [0.5, 0.6) is 0 Å². The molecule has 0 aliphatic heterocycles. The molecule has 0 N–H and O–H groups in total. The maximum absolute atomic E-state index is 6.00. The molecule has 4 aromatic carbocycles. The number of halogens is 1. The maximum atomic E-state index is 6.00. The summed E-state index contributed by atoms with van der Waals surface area (Å²) in [6.45, 7) is 2.24. The van der Waals surface area contributed by atoms with Crippen LogP contribution in [0.3, 0.4) is 0 Å². The van der Waals surface area contributed by atoms with Crippen LogP contribution in [0.2, 0.25) is 5.02 Å². The van der Waals surface area contributed by atoms with E-state index in [0.717, 1.165) is 5.02 Å². The molecule has 0 amide bonds. The van der Waals surface area contributed by atoms with Crippen LogP contribution in [-0.2, 0) is 6.42 Å². The third-order valence-electron chi connectivity index (χ3n) is 4.90. The van der Waals surface area contributed by atoms with E-state index in [1.54, 1.807) is 0 Å². The standard InChI is InChI=1S/C24H21Cl/c1-2-3-4-17-5-13-23-20(15-17)6-7-21-16-19(10-14-24(21)23)18-8-11-22(25)12-9-18/h5-16H,2-4H2,1H3. The zero-order valence-corrected chi connectivity index (χ0v) is 15.2. The molecule has 124 valence electrons. The van der Waals surface area contributed by atoms with Crippen molar-refractivity contribution in [1.82, 2.24) is 0 Å². The summed E-state index contributed by atoms with van der Waals surface area (Å²) in [5, 5.41) is 6.04. The van der Waals surface area contributed by atoms with Crippen molar-refractivity contribution in [2.45, 2.75) is 26.2 Å². The Hall–Kier alpha value is -2.31. The van der Waals surface area contributed by atoms with Gasteiger partial charge in [0.25, 0.3) is 0 Å². The summed E-state index contributed by atoms with van der Waals surface area (Å²) in [6, 6.07) is 26.1. The lowest BCUT2D eigenvalue weighted by atomic mass is 9.96. The Kier molecular flexibility index (Phi) is 4.46. The number of benzene rings is 4. The normalized spacial score (nSPS) is 11.3. The van der Waals surface area contributed by atoms with Gasteiger partial charge in [-0.05, 0) is 69.3 Å². The summed E-state index contributed by atoms with van der Waals surface area (Å²) in [6.07, 6.45) is 3.66. The van der Waals surface area contributed by atoms with Gasteiger partial charge in [-0.2, -0.15) is 0 Å². The van der Waals surface area contributed by atoms with E-state index in [-0.39, 0.29) is 0 Å². The average molecular weight is 345 g/mol. The van der Waals surface area contributed by atoms with Gasteiger partial charge in [0, 0.05) is 5.02 Å². The molecule has 0 spiro atoms. The van der Waals surface area contributed by atoms with Gasteiger partial charge in [0.2, 0.25) is 0 Å². The fourth-order valence-electron chi connectivity index (χ4n) is 3.48. The van der Waals surface area contributed by atoms with Gasteiger partial charge in [-0.25, -0.2) is 0 Å². The zero-order valence-electron chi connectivity index (χ0n) is 14.4. The summed E-state index contributed by atoms with van der Waals surface area (Å²) in [4.78, 5) is 0. The van der Waals surface area contributed by atoms with Crippen molar-refractivity contribution < 1.29 is 0 Å². The second-order valence-electron chi connectivity index (χ2n) is 6.67. The molecule has 0 fully saturated rings. The predicted octanol–water partition coefficient (Wildman–Crippen LogP) is 7.66. The first-order chi connectivity index (χ1) is 12.2. The molecule has 0 heterocycles. The molecule has 0 unspecified atom stereocenters. The number of fused-ring (bicyclic) bond motifs is 3. The lowest BCUT2D eigenvalue weighted by molar-refractivity contribution is 0.796. The van der Waals surface area contributed by atoms with E-state index in [9.17, 15) is 0 Å². The van der Waals surface area contributed by atoms with Gasteiger partial charge in [0.05, 0.1) is 0 Å². The molecular weight excluding hydrogens is 324 g/mol. The van der Waals surface area contributed by atoms with E-state index in [0.29, 0.717) is 0 Å². The molecule has 4 rings (SSSR count). The SMILES string of the molecule is CCCCc1ccc2c(ccc3cc(-c4ccc(Cl)cc4)ccc32)c1. The topological polar surface area (TPSA) is 0 Å². The van der Waals surface area contributed by atoms with Gasteiger partial charge in [0.15, 0.2) is 0 Å².